The molecule has 0 N–H and O–H groups in total. The highest BCUT2D eigenvalue weighted by atomic mass is 35.5. The molecule has 2 aromatic rings. The Kier molecular flexibility index (Phi) is 5.77. The minimum absolute atomic E-state index is 0.138. The van der Waals surface area contributed by atoms with Crippen molar-refractivity contribution < 1.29 is 9.53 Å². The zero-order chi connectivity index (χ0) is 17.6. The molecule has 130 valence electrons. The van der Waals surface area contributed by atoms with Crippen LogP contribution in [0.3, 0.4) is 0 Å². The number of hydrogen-bond acceptors (Lipinski definition) is 2. The fourth-order valence-corrected chi connectivity index (χ4v) is 3.12. The molecule has 0 unspecified atom stereocenters. The number of rotatable bonds is 6. The lowest BCUT2D eigenvalue weighted by atomic mass is 9.84. The maximum atomic E-state index is 12.8. The molecule has 2 aromatic carbocycles. The summed E-state index contributed by atoms with van der Waals surface area (Å²) in [5.41, 5.74) is 1.83. The zero-order valence-corrected chi connectivity index (χ0v) is 15.1. The smallest absolute Gasteiger partial charge is 0.230 e. The van der Waals surface area contributed by atoms with Crippen LogP contribution in [0.25, 0.3) is 6.08 Å². The molecular weight excluding hydrogens is 334 g/mol. The summed E-state index contributed by atoms with van der Waals surface area (Å²) in [6, 6.07) is 15.3. The van der Waals surface area contributed by atoms with Gasteiger partial charge in [0.05, 0.1) is 7.11 Å². The summed E-state index contributed by atoms with van der Waals surface area (Å²) in [7, 11) is 1.66. The maximum absolute atomic E-state index is 12.8. The zero-order valence-electron chi connectivity index (χ0n) is 14.3. The standard InChI is InChI=1S/C21H22ClNO2/c1-25-20-13-3-2-7-16(20)10-6-14-23(21(24)17-8-4-9-17)19-12-5-11-18(22)15-19/h2-3,5-7,10-13,15,17H,4,8-9,14H2,1H3/b10-6+. The number of halogens is 1. The highest BCUT2D eigenvalue weighted by Crippen LogP contribution is 2.31. The average molecular weight is 356 g/mol. The second-order valence-corrected chi connectivity index (χ2v) is 6.64. The number of anilines is 1. The minimum Gasteiger partial charge on any atom is -0.496 e. The first-order chi connectivity index (χ1) is 12.2. The third-order valence-electron chi connectivity index (χ3n) is 4.56. The summed E-state index contributed by atoms with van der Waals surface area (Å²) in [6.07, 6.45) is 7.08. The van der Waals surface area contributed by atoms with Crippen molar-refractivity contribution in [2.75, 3.05) is 18.6 Å². The van der Waals surface area contributed by atoms with Crippen LogP contribution in [-0.4, -0.2) is 19.6 Å². The van der Waals surface area contributed by atoms with E-state index in [0.717, 1.165) is 36.3 Å². The molecule has 3 nitrogen and oxygen atoms in total. The van der Waals surface area contributed by atoms with Crippen molar-refractivity contribution in [1.82, 2.24) is 0 Å². The molecule has 3 rings (SSSR count). The Balaban J connectivity index is 1.80. The quantitative estimate of drug-likeness (QED) is 0.713. The van der Waals surface area contributed by atoms with Gasteiger partial charge in [-0.2, -0.15) is 0 Å². The third kappa shape index (κ3) is 4.23. The number of methoxy groups -OCH3 is 1. The van der Waals surface area contributed by atoms with Crippen molar-refractivity contribution in [3.63, 3.8) is 0 Å². The van der Waals surface area contributed by atoms with Crippen molar-refractivity contribution in [2.45, 2.75) is 19.3 Å². The Morgan fingerprint density at radius 2 is 2.04 bits per heavy atom. The molecule has 25 heavy (non-hydrogen) atoms. The molecule has 0 aliphatic heterocycles. The minimum atomic E-state index is 0.138. The van der Waals surface area contributed by atoms with E-state index in [9.17, 15) is 4.79 Å². The molecule has 0 saturated heterocycles. The third-order valence-corrected chi connectivity index (χ3v) is 4.80. The Morgan fingerprint density at radius 1 is 1.24 bits per heavy atom. The maximum Gasteiger partial charge on any atom is 0.230 e. The van der Waals surface area contributed by atoms with Crippen LogP contribution in [0, 0.1) is 5.92 Å². The van der Waals surface area contributed by atoms with Gasteiger partial charge in [0.25, 0.3) is 0 Å². The Bertz CT molecular complexity index is 768. The summed E-state index contributed by atoms with van der Waals surface area (Å²) in [4.78, 5) is 14.6. The molecular formula is C21H22ClNO2. The van der Waals surface area contributed by atoms with Crippen LogP contribution in [0.5, 0.6) is 5.75 Å². The fourth-order valence-electron chi connectivity index (χ4n) is 2.93. The largest absolute Gasteiger partial charge is 0.496 e. The Morgan fingerprint density at radius 3 is 2.72 bits per heavy atom. The van der Waals surface area contributed by atoms with Crippen molar-refractivity contribution in [3.05, 3.63) is 65.2 Å². The molecule has 1 fully saturated rings. The highest BCUT2D eigenvalue weighted by Gasteiger charge is 2.29. The monoisotopic (exact) mass is 355 g/mol. The Labute approximate surface area is 153 Å². The molecule has 0 bridgehead atoms. The Hall–Kier alpha value is -2.26. The molecule has 1 aliphatic rings. The summed E-state index contributed by atoms with van der Waals surface area (Å²) in [5, 5.41) is 0.637. The molecule has 0 atom stereocenters. The lowest BCUT2D eigenvalue weighted by Gasteiger charge is -2.31. The van der Waals surface area contributed by atoms with Crippen molar-refractivity contribution >= 4 is 29.3 Å². The molecule has 1 aliphatic carbocycles. The number of ether oxygens (including phenoxy) is 1. The van der Waals surface area contributed by atoms with Gasteiger partial charge in [0.2, 0.25) is 5.91 Å². The van der Waals surface area contributed by atoms with Crippen LogP contribution in [0.15, 0.2) is 54.6 Å². The fraction of sp³-hybridized carbons (Fsp3) is 0.286. The van der Waals surface area contributed by atoms with E-state index >= 15 is 0 Å². The molecule has 4 heteroatoms. The second kappa shape index (κ2) is 8.21. The number of carbonyl (C=O) groups excluding carboxylic acids is 1. The highest BCUT2D eigenvalue weighted by molar-refractivity contribution is 6.30. The van der Waals surface area contributed by atoms with Gasteiger partial charge in [0.1, 0.15) is 5.75 Å². The first-order valence-electron chi connectivity index (χ1n) is 8.55. The van der Waals surface area contributed by atoms with Gasteiger partial charge in [-0.15, -0.1) is 0 Å². The molecule has 0 radical (unpaired) electrons. The number of nitrogens with zero attached hydrogens (tertiary/aromatic N) is 1. The van der Waals surface area contributed by atoms with E-state index in [-0.39, 0.29) is 11.8 Å². The van der Waals surface area contributed by atoms with Crippen LogP contribution in [0.1, 0.15) is 24.8 Å². The van der Waals surface area contributed by atoms with Gasteiger partial charge in [0, 0.05) is 28.7 Å². The van der Waals surface area contributed by atoms with Crippen molar-refractivity contribution in [1.29, 1.82) is 0 Å². The number of hydrogen-bond donors (Lipinski definition) is 0. The van der Waals surface area contributed by atoms with E-state index < -0.39 is 0 Å². The van der Waals surface area contributed by atoms with Crippen LogP contribution in [0.2, 0.25) is 5.02 Å². The number of carbonyl (C=O) groups is 1. The molecule has 0 aromatic heterocycles. The first-order valence-corrected chi connectivity index (χ1v) is 8.93. The van der Waals surface area contributed by atoms with Crippen LogP contribution >= 0.6 is 11.6 Å². The van der Waals surface area contributed by atoms with Gasteiger partial charge in [-0.05, 0) is 37.1 Å². The predicted molar refractivity (Wildman–Crippen MR) is 103 cm³/mol. The molecule has 1 amide bonds. The van der Waals surface area contributed by atoms with Gasteiger partial charge in [0.15, 0.2) is 0 Å². The molecule has 1 saturated carbocycles. The number of para-hydroxylation sites is 1. The van der Waals surface area contributed by atoms with E-state index in [4.69, 9.17) is 16.3 Å². The van der Waals surface area contributed by atoms with Crippen molar-refractivity contribution in [2.24, 2.45) is 5.92 Å². The van der Waals surface area contributed by atoms with Gasteiger partial charge in [-0.3, -0.25) is 4.79 Å². The summed E-state index contributed by atoms with van der Waals surface area (Å²) in [6.45, 7) is 0.508. The van der Waals surface area contributed by atoms with Crippen molar-refractivity contribution in [3.8, 4) is 5.75 Å². The molecule has 0 heterocycles. The van der Waals surface area contributed by atoms with E-state index in [2.05, 4.69) is 0 Å². The summed E-state index contributed by atoms with van der Waals surface area (Å²) in [5.74, 6) is 1.13. The van der Waals surface area contributed by atoms with Crippen LogP contribution in [-0.2, 0) is 4.79 Å². The number of amides is 1. The average Bonchev–Trinajstić information content (AvgIpc) is 2.57. The van der Waals surface area contributed by atoms with E-state index in [1.54, 1.807) is 7.11 Å². The van der Waals surface area contributed by atoms with Gasteiger partial charge in [-0.25, -0.2) is 0 Å². The van der Waals surface area contributed by atoms with Crippen LogP contribution in [0.4, 0.5) is 5.69 Å². The normalized spacial score (nSPS) is 14.3. The number of benzene rings is 2. The van der Waals surface area contributed by atoms with E-state index in [0.29, 0.717) is 11.6 Å². The van der Waals surface area contributed by atoms with E-state index in [1.165, 1.54) is 0 Å². The van der Waals surface area contributed by atoms with Crippen LogP contribution < -0.4 is 9.64 Å². The predicted octanol–water partition coefficient (Wildman–Crippen LogP) is 5.20. The SMILES string of the molecule is COc1ccccc1/C=C/CN(C(=O)C1CCC1)c1cccc(Cl)c1. The van der Waals surface area contributed by atoms with Gasteiger partial charge in [-0.1, -0.05) is 54.4 Å². The second-order valence-electron chi connectivity index (χ2n) is 6.20. The van der Waals surface area contributed by atoms with E-state index in [1.807, 2.05) is 65.6 Å². The van der Waals surface area contributed by atoms with Gasteiger partial charge < -0.3 is 9.64 Å². The topological polar surface area (TPSA) is 29.5 Å². The lowest BCUT2D eigenvalue weighted by molar-refractivity contribution is -0.124. The lowest BCUT2D eigenvalue weighted by Crippen LogP contribution is -2.39. The molecule has 0 spiro atoms. The van der Waals surface area contributed by atoms with Gasteiger partial charge >= 0.3 is 0 Å². The summed E-state index contributed by atoms with van der Waals surface area (Å²) >= 11 is 6.12. The first kappa shape index (κ1) is 17.6. The summed E-state index contributed by atoms with van der Waals surface area (Å²) < 4.78 is 5.37.